The number of benzene rings is 1. The summed E-state index contributed by atoms with van der Waals surface area (Å²) in [4.78, 5) is 22.1. The summed E-state index contributed by atoms with van der Waals surface area (Å²) in [5.41, 5.74) is 0.525. The summed E-state index contributed by atoms with van der Waals surface area (Å²) in [6, 6.07) is 4.66. The van der Waals surface area contributed by atoms with Crippen LogP contribution in [0.3, 0.4) is 0 Å². The first kappa shape index (κ1) is 16.0. The van der Waals surface area contributed by atoms with E-state index >= 15 is 0 Å². The van der Waals surface area contributed by atoms with Gasteiger partial charge in [-0.25, -0.2) is 4.79 Å². The molecule has 1 rings (SSSR count). The van der Waals surface area contributed by atoms with Crippen LogP contribution in [0.5, 0.6) is 0 Å². The Hall–Kier alpha value is -1.02. The van der Waals surface area contributed by atoms with E-state index in [9.17, 15) is 9.59 Å². The van der Waals surface area contributed by atoms with Crippen molar-refractivity contribution in [3.8, 4) is 0 Å². The first-order valence-corrected chi connectivity index (χ1v) is 7.08. The van der Waals surface area contributed by atoms with E-state index in [0.717, 1.165) is 3.57 Å². The summed E-state index contributed by atoms with van der Waals surface area (Å²) in [5.74, 6) is -0.880. The Labute approximate surface area is 129 Å². The Morgan fingerprint density at radius 1 is 1.47 bits per heavy atom. The van der Waals surface area contributed by atoms with E-state index in [1.54, 1.807) is 19.1 Å². The zero-order valence-electron chi connectivity index (χ0n) is 10.2. The van der Waals surface area contributed by atoms with Gasteiger partial charge in [0.2, 0.25) is 0 Å². The first-order chi connectivity index (χ1) is 8.88. The van der Waals surface area contributed by atoms with Crippen LogP contribution < -0.4 is 10.6 Å². The second-order valence-corrected chi connectivity index (χ2v) is 5.71. The highest BCUT2D eigenvalue weighted by molar-refractivity contribution is 14.1. The normalized spacial score (nSPS) is 11.7. The second kappa shape index (κ2) is 7.54. The van der Waals surface area contributed by atoms with E-state index < -0.39 is 12.0 Å². The van der Waals surface area contributed by atoms with Crippen LogP contribution in [0.1, 0.15) is 19.8 Å². The van der Waals surface area contributed by atoms with Crippen molar-refractivity contribution in [2.45, 2.75) is 25.8 Å². The highest BCUT2D eigenvalue weighted by atomic mass is 127. The lowest BCUT2D eigenvalue weighted by Crippen LogP contribution is -2.36. The van der Waals surface area contributed by atoms with Crippen LogP contribution in [0.2, 0.25) is 5.02 Å². The van der Waals surface area contributed by atoms with Crippen LogP contribution >= 0.6 is 34.2 Å². The van der Waals surface area contributed by atoms with Gasteiger partial charge in [0.25, 0.3) is 0 Å². The van der Waals surface area contributed by atoms with Gasteiger partial charge in [0.05, 0.1) is 10.7 Å². The van der Waals surface area contributed by atoms with Crippen LogP contribution in [0.25, 0.3) is 0 Å². The summed E-state index contributed by atoms with van der Waals surface area (Å²) in [6.45, 7) is 1.75. The molecule has 0 fully saturated rings. The number of hydrogen-bond donors (Lipinski definition) is 3. The highest BCUT2D eigenvalue weighted by Crippen LogP contribution is 2.23. The molecule has 1 aromatic rings. The Morgan fingerprint density at radius 3 is 2.79 bits per heavy atom. The molecule has 0 spiro atoms. The quantitative estimate of drug-likeness (QED) is 0.668. The molecule has 0 bridgehead atoms. The number of halogens is 2. The maximum absolute atomic E-state index is 11.7. The number of urea groups is 1. The van der Waals surface area contributed by atoms with Gasteiger partial charge in [-0.15, -0.1) is 0 Å². The molecule has 1 aromatic carbocycles. The number of carboxylic acid groups (broad SMARTS) is 1. The molecule has 0 aliphatic heterocycles. The lowest BCUT2D eigenvalue weighted by Gasteiger charge is -2.14. The summed E-state index contributed by atoms with van der Waals surface area (Å²) >= 11 is 8.08. The molecule has 0 heterocycles. The standard InChI is InChI=1S/C12H14ClIN2O3/c1-7(2-5-11(17)18)15-12(19)16-10-6-8(14)3-4-9(10)13/h3-4,6-7H,2,5H2,1H3,(H,17,18)(H2,15,16,19). The van der Waals surface area contributed by atoms with Gasteiger partial charge in [-0.2, -0.15) is 0 Å². The van der Waals surface area contributed by atoms with Gasteiger partial charge in [-0.3, -0.25) is 4.79 Å². The van der Waals surface area contributed by atoms with E-state index in [-0.39, 0.29) is 12.5 Å². The number of amides is 2. The van der Waals surface area contributed by atoms with Gasteiger partial charge in [0.1, 0.15) is 0 Å². The SMILES string of the molecule is CC(CCC(=O)O)NC(=O)Nc1cc(I)ccc1Cl. The maximum atomic E-state index is 11.7. The van der Waals surface area contributed by atoms with Gasteiger partial charge >= 0.3 is 12.0 Å². The number of carboxylic acids is 1. The van der Waals surface area contributed by atoms with Crippen molar-refractivity contribution in [3.63, 3.8) is 0 Å². The van der Waals surface area contributed by atoms with Crippen molar-refractivity contribution in [2.24, 2.45) is 0 Å². The number of anilines is 1. The molecule has 2 amide bonds. The fourth-order valence-electron chi connectivity index (χ4n) is 1.39. The van der Waals surface area contributed by atoms with Crippen LogP contribution in [0.15, 0.2) is 18.2 Å². The average Bonchev–Trinajstić information content (AvgIpc) is 2.31. The number of nitrogens with one attached hydrogen (secondary N) is 2. The molecule has 0 aliphatic carbocycles. The van der Waals surface area contributed by atoms with Gasteiger partial charge in [-0.05, 0) is 54.1 Å². The third-order valence-electron chi connectivity index (χ3n) is 2.35. The van der Waals surface area contributed by atoms with E-state index in [1.807, 2.05) is 6.07 Å². The number of hydrogen-bond acceptors (Lipinski definition) is 2. The molecule has 0 radical (unpaired) electrons. The Bertz CT molecular complexity index is 482. The lowest BCUT2D eigenvalue weighted by atomic mass is 10.2. The molecule has 7 heteroatoms. The van der Waals surface area contributed by atoms with E-state index in [4.69, 9.17) is 16.7 Å². The van der Waals surface area contributed by atoms with Gasteiger partial charge < -0.3 is 15.7 Å². The molecule has 0 saturated heterocycles. The molecule has 3 N–H and O–H groups in total. The molecule has 104 valence electrons. The number of rotatable bonds is 5. The summed E-state index contributed by atoms with van der Waals surface area (Å²) in [7, 11) is 0. The molecule has 1 atom stereocenters. The van der Waals surface area contributed by atoms with E-state index in [1.165, 1.54) is 0 Å². The second-order valence-electron chi connectivity index (χ2n) is 4.06. The lowest BCUT2D eigenvalue weighted by molar-refractivity contribution is -0.137. The minimum Gasteiger partial charge on any atom is -0.481 e. The third kappa shape index (κ3) is 6.11. The highest BCUT2D eigenvalue weighted by Gasteiger charge is 2.10. The minimum absolute atomic E-state index is 0.0193. The van der Waals surface area contributed by atoms with Crippen molar-refractivity contribution >= 4 is 51.9 Å². The molecule has 0 saturated carbocycles. The first-order valence-electron chi connectivity index (χ1n) is 5.63. The van der Waals surface area contributed by atoms with Crippen LogP contribution in [-0.2, 0) is 4.79 Å². The zero-order valence-corrected chi connectivity index (χ0v) is 13.2. The predicted molar refractivity (Wildman–Crippen MR) is 82.7 cm³/mol. The van der Waals surface area contributed by atoms with Gasteiger partial charge in [-0.1, -0.05) is 11.6 Å². The topological polar surface area (TPSA) is 78.4 Å². The van der Waals surface area contributed by atoms with Crippen LogP contribution in [0.4, 0.5) is 10.5 Å². The monoisotopic (exact) mass is 396 g/mol. The summed E-state index contributed by atoms with van der Waals surface area (Å²) < 4.78 is 0.955. The Morgan fingerprint density at radius 2 is 2.16 bits per heavy atom. The number of carbonyl (C=O) groups is 2. The van der Waals surface area contributed by atoms with Gasteiger partial charge in [0, 0.05) is 16.0 Å². The Kier molecular flexibility index (Phi) is 6.36. The largest absolute Gasteiger partial charge is 0.481 e. The smallest absolute Gasteiger partial charge is 0.319 e. The molecule has 19 heavy (non-hydrogen) atoms. The predicted octanol–water partition coefficient (Wildman–Crippen LogP) is 3.32. The minimum atomic E-state index is -0.880. The molecule has 0 aliphatic rings. The number of carbonyl (C=O) groups excluding carboxylic acids is 1. The molecule has 5 nitrogen and oxygen atoms in total. The molecular formula is C12H14ClIN2O3. The third-order valence-corrected chi connectivity index (χ3v) is 3.35. The molecular weight excluding hydrogens is 383 g/mol. The summed E-state index contributed by atoms with van der Waals surface area (Å²) in [5, 5.41) is 14.3. The van der Waals surface area contributed by atoms with Crippen molar-refractivity contribution in [3.05, 3.63) is 26.8 Å². The summed E-state index contributed by atoms with van der Waals surface area (Å²) in [6.07, 6.45) is 0.397. The van der Waals surface area contributed by atoms with E-state index in [0.29, 0.717) is 17.1 Å². The van der Waals surface area contributed by atoms with Crippen molar-refractivity contribution in [1.29, 1.82) is 0 Å². The van der Waals surface area contributed by atoms with Gasteiger partial charge in [0.15, 0.2) is 0 Å². The fraction of sp³-hybridized carbons (Fsp3) is 0.333. The molecule has 1 unspecified atom stereocenters. The van der Waals surface area contributed by atoms with Crippen molar-refractivity contribution in [2.75, 3.05) is 5.32 Å². The van der Waals surface area contributed by atoms with Crippen molar-refractivity contribution < 1.29 is 14.7 Å². The fourth-order valence-corrected chi connectivity index (χ4v) is 2.04. The number of aliphatic carboxylic acids is 1. The maximum Gasteiger partial charge on any atom is 0.319 e. The zero-order chi connectivity index (χ0) is 14.4. The average molecular weight is 397 g/mol. The van der Waals surface area contributed by atoms with Crippen LogP contribution in [-0.4, -0.2) is 23.1 Å². The molecule has 0 aromatic heterocycles. The Balaban J connectivity index is 2.50. The van der Waals surface area contributed by atoms with Crippen LogP contribution in [0, 0.1) is 3.57 Å². The van der Waals surface area contributed by atoms with E-state index in [2.05, 4.69) is 33.2 Å². The van der Waals surface area contributed by atoms with Crippen molar-refractivity contribution in [1.82, 2.24) is 5.32 Å².